The molecular formula is C13H19N3O2S3. The van der Waals surface area contributed by atoms with Crippen molar-refractivity contribution in [2.75, 3.05) is 6.54 Å². The van der Waals surface area contributed by atoms with Crippen molar-refractivity contribution in [1.82, 2.24) is 15.0 Å². The molecule has 0 aromatic carbocycles. The molecule has 2 rings (SSSR count). The second kappa shape index (κ2) is 6.97. The predicted octanol–water partition coefficient (Wildman–Crippen LogP) is 2.41. The van der Waals surface area contributed by atoms with E-state index in [2.05, 4.69) is 15.0 Å². The predicted molar refractivity (Wildman–Crippen MR) is 87.3 cm³/mol. The summed E-state index contributed by atoms with van der Waals surface area (Å²) in [5.74, 6) is 0. The molecule has 21 heavy (non-hydrogen) atoms. The van der Waals surface area contributed by atoms with Crippen LogP contribution >= 0.6 is 22.7 Å². The van der Waals surface area contributed by atoms with Crippen molar-refractivity contribution in [3.05, 3.63) is 32.6 Å². The van der Waals surface area contributed by atoms with Crippen LogP contribution in [0.15, 0.2) is 16.5 Å². The van der Waals surface area contributed by atoms with E-state index in [9.17, 15) is 8.42 Å². The molecule has 0 aliphatic heterocycles. The van der Waals surface area contributed by atoms with Crippen LogP contribution < -0.4 is 10.0 Å². The maximum Gasteiger partial charge on any atom is 0.250 e. The van der Waals surface area contributed by atoms with E-state index in [1.807, 2.05) is 20.8 Å². The van der Waals surface area contributed by atoms with Gasteiger partial charge >= 0.3 is 0 Å². The van der Waals surface area contributed by atoms with Gasteiger partial charge in [0, 0.05) is 22.5 Å². The van der Waals surface area contributed by atoms with Crippen LogP contribution in [0.1, 0.15) is 27.2 Å². The Labute approximate surface area is 133 Å². The summed E-state index contributed by atoms with van der Waals surface area (Å²) in [6.07, 6.45) is 1.75. The first-order chi connectivity index (χ1) is 9.92. The van der Waals surface area contributed by atoms with Gasteiger partial charge < -0.3 is 5.32 Å². The number of nitrogens with one attached hydrogen (secondary N) is 2. The van der Waals surface area contributed by atoms with E-state index in [0.29, 0.717) is 10.8 Å². The van der Waals surface area contributed by atoms with E-state index < -0.39 is 10.0 Å². The summed E-state index contributed by atoms with van der Waals surface area (Å²) in [6, 6.07) is 1.73. The maximum absolute atomic E-state index is 12.3. The Balaban J connectivity index is 2.08. The highest BCUT2D eigenvalue weighted by Crippen LogP contribution is 2.26. The lowest BCUT2D eigenvalue weighted by Crippen LogP contribution is -2.22. The molecule has 8 heteroatoms. The number of hydrogen-bond acceptors (Lipinski definition) is 6. The molecule has 2 N–H and O–H groups in total. The van der Waals surface area contributed by atoms with Gasteiger partial charge in [-0.15, -0.1) is 22.7 Å². The third-order valence-electron chi connectivity index (χ3n) is 2.88. The minimum absolute atomic E-state index is 0.236. The zero-order valence-corrected chi connectivity index (χ0v) is 14.7. The van der Waals surface area contributed by atoms with Crippen molar-refractivity contribution in [1.29, 1.82) is 0 Å². The van der Waals surface area contributed by atoms with Crippen LogP contribution in [0.2, 0.25) is 0 Å². The lowest BCUT2D eigenvalue weighted by atomic mass is 10.3. The summed E-state index contributed by atoms with van der Waals surface area (Å²) in [7, 11) is -3.47. The number of rotatable bonds is 7. The molecular weight excluding hydrogens is 326 g/mol. The molecule has 0 radical (unpaired) electrons. The largest absolute Gasteiger partial charge is 0.312 e. The number of thiophene rings is 1. The number of aryl methyl sites for hydroxylation is 2. The van der Waals surface area contributed by atoms with Gasteiger partial charge in [0.05, 0.1) is 6.54 Å². The van der Waals surface area contributed by atoms with Gasteiger partial charge in [-0.3, -0.25) is 0 Å². The smallest absolute Gasteiger partial charge is 0.250 e. The molecule has 0 atom stereocenters. The standard InChI is InChI=1S/C13H19N3O2S3/c1-4-14-7-11-9(2)5-13(20-11)21(17,18)16-8-12-15-6-10(3)19-12/h5-6,14,16H,4,7-8H2,1-3H3. The van der Waals surface area contributed by atoms with Crippen LogP contribution in [0.3, 0.4) is 0 Å². The Kier molecular flexibility index (Phi) is 5.50. The quantitative estimate of drug-likeness (QED) is 0.808. The second-order valence-corrected chi connectivity index (χ2v) is 9.09. The van der Waals surface area contributed by atoms with Gasteiger partial charge in [0.15, 0.2) is 0 Å². The highest BCUT2D eigenvalue weighted by molar-refractivity contribution is 7.91. The Morgan fingerprint density at radius 3 is 2.62 bits per heavy atom. The van der Waals surface area contributed by atoms with Crippen LogP contribution in [0.4, 0.5) is 0 Å². The van der Waals surface area contributed by atoms with E-state index >= 15 is 0 Å². The Bertz CT molecular complexity index is 704. The molecule has 2 aromatic rings. The number of hydrogen-bond donors (Lipinski definition) is 2. The lowest BCUT2D eigenvalue weighted by Gasteiger charge is -2.02. The van der Waals surface area contributed by atoms with Gasteiger partial charge in [-0.05, 0) is 32.0 Å². The molecule has 0 fully saturated rings. The fraction of sp³-hybridized carbons (Fsp3) is 0.462. The average Bonchev–Trinajstić information content (AvgIpc) is 3.01. The summed E-state index contributed by atoms with van der Waals surface area (Å²) in [4.78, 5) is 6.29. The highest BCUT2D eigenvalue weighted by Gasteiger charge is 2.19. The fourth-order valence-corrected chi connectivity index (χ4v) is 5.16. The van der Waals surface area contributed by atoms with Gasteiger partial charge in [-0.25, -0.2) is 18.1 Å². The zero-order chi connectivity index (χ0) is 15.5. The number of sulfonamides is 1. The van der Waals surface area contributed by atoms with E-state index in [4.69, 9.17) is 0 Å². The molecule has 0 spiro atoms. The fourth-order valence-electron chi connectivity index (χ4n) is 1.75. The topological polar surface area (TPSA) is 71.1 Å². The monoisotopic (exact) mass is 345 g/mol. The normalized spacial score (nSPS) is 12.0. The van der Waals surface area contributed by atoms with Gasteiger partial charge in [-0.1, -0.05) is 6.92 Å². The highest BCUT2D eigenvalue weighted by atomic mass is 32.2. The SMILES string of the molecule is CCNCc1sc(S(=O)(=O)NCc2ncc(C)s2)cc1C. The summed E-state index contributed by atoms with van der Waals surface area (Å²) >= 11 is 2.82. The molecule has 0 amide bonds. The van der Waals surface area contributed by atoms with E-state index in [0.717, 1.165) is 26.9 Å². The molecule has 0 saturated heterocycles. The molecule has 0 aliphatic carbocycles. The molecule has 0 saturated carbocycles. The first-order valence-electron chi connectivity index (χ1n) is 6.63. The van der Waals surface area contributed by atoms with E-state index in [1.165, 1.54) is 22.7 Å². The van der Waals surface area contributed by atoms with E-state index in [-0.39, 0.29) is 6.54 Å². The minimum atomic E-state index is -3.47. The van der Waals surface area contributed by atoms with E-state index in [1.54, 1.807) is 12.3 Å². The van der Waals surface area contributed by atoms with Gasteiger partial charge in [0.1, 0.15) is 9.22 Å². The Morgan fingerprint density at radius 2 is 2.00 bits per heavy atom. The van der Waals surface area contributed by atoms with Crippen molar-refractivity contribution in [3.63, 3.8) is 0 Å². The minimum Gasteiger partial charge on any atom is -0.312 e. The second-order valence-electron chi connectivity index (χ2n) is 4.64. The van der Waals surface area contributed by atoms with Crippen molar-refractivity contribution in [2.45, 2.75) is 38.1 Å². The summed E-state index contributed by atoms with van der Waals surface area (Å²) in [5.41, 5.74) is 1.01. The zero-order valence-electron chi connectivity index (χ0n) is 12.3. The summed E-state index contributed by atoms with van der Waals surface area (Å²) < 4.78 is 27.6. The van der Waals surface area contributed by atoms with Gasteiger partial charge in [-0.2, -0.15) is 0 Å². The molecule has 0 aliphatic rings. The molecule has 2 aromatic heterocycles. The van der Waals surface area contributed by atoms with Gasteiger partial charge in [0.25, 0.3) is 0 Å². The van der Waals surface area contributed by atoms with Crippen molar-refractivity contribution < 1.29 is 8.42 Å². The maximum atomic E-state index is 12.3. The summed E-state index contributed by atoms with van der Waals surface area (Å²) in [5, 5.41) is 3.99. The van der Waals surface area contributed by atoms with Crippen LogP contribution in [0, 0.1) is 13.8 Å². The van der Waals surface area contributed by atoms with Gasteiger partial charge in [0.2, 0.25) is 10.0 Å². The number of nitrogens with zero attached hydrogens (tertiary/aromatic N) is 1. The summed E-state index contributed by atoms with van der Waals surface area (Å²) in [6.45, 7) is 7.71. The first kappa shape index (κ1) is 16.6. The third-order valence-corrected chi connectivity index (χ3v) is 6.91. The van der Waals surface area contributed by atoms with Crippen LogP contribution in [-0.2, 0) is 23.1 Å². The first-order valence-corrected chi connectivity index (χ1v) is 9.75. The lowest BCUT2D eigenvalue weighted by molar-refractivity contribution is 0.583. The molecule has 116 valence electrons. The molecule has 5 nitrogen and oxygen atoms in total. The molecule has 0 bridgehead atoms. The average molecular weight is 346 g/mol. The molecule has 2 heterocycles. The Morgan fingerprint density at radius 1 is 1.24 bits per heavy atom. The van der Waals surface area contributed by atoms with Crippen molar-refractivity contribution in [2.24, 2.45) is 0 Å². The van der Waals surface area contributed by atoms with Crippen LogP contribution in [-0.4, -0.2) is 19.9 Å². The van der Waals surface area contributed by atoms with Crippen molar-refractivity contribution in [3.8, 4) is 0 Å². The number of thiazole rings is 1. The van der Waals surface area contributed by atoms with Crippen LogP contribution in [0.25, 0.3) is 0 Å². The van der Waals surface area contributed by atoms with Crippen molar-refractivity contribution >= 4 is 32.7 Å². The molecule has 0 unspecified atom stereocenters. The number of aromatic nitrogens is 1. The third kappa shape index (κ3) is 4.33. The Hall–Kier alpha value is -0.800. The van der Waals surface area contributed by atoms with Crippen LogP contribution in [0.5, 0.6) is 0 Å².